The Labute approximate surface area is 163 Å². The van der Waals surface area contributed by atoms with E-state index in [9.17, 15) is 14.4 Å². The quantitative estimate of drug-likeness (QED) is 0.393. The number of thioether (sulfide) groups is 1. The first-order valence-corrected chi connectivity index (χ1v) is 9.57. The van der Waals surface area contributed by atoms with Crippen LogP contribution >= 0.6 is 11.8 Å². The lowest BCUT2D eigenvalue weighted by Gasteiger charge is -2.17. The van der Waals surface area contributed by atoms with Crippen molar-refractivity contribution in [2.75, 3.05) is 18.8 Å². The fraction of sp³-hybridized carbons (Fsp3) is 0.278. The fourth-order valence-corrected chi connectivity index (χ4v) is 3.63. The topological polar surface area (TPSA) is 115 Å². The summed E-state index contributed by atoms with van der Waals surface area (Å²) in [4.78, 5) is 45.3. The van der Waals surface area contributed by atoms with Crippen molar-refractivity contribution in [1.82, 2.24) is 20.2 Å². The van der Waals surface area contributed by atoms with Crippen molar-refractivity contribution in [3.63, 3.8) is 0 Å². The molecular formula is C18H16N4O5S. The minimum absolute atomic E-state index is 0.0625. The molecule has 0 unspecified atom stereocenters. The van der Waals surface area contributed by atoms with E-state index in [0.717, 1.165) is 22.0 Å². The van der Waals surface area contributed by atoms with E-state index in [1.165, 1.54) is 13.3 Å². The monoisotopic (exact) mass is 400 g/mol. The van der Waals surface area contributed by atoms with Crippen LogP contribution in [0.25, 0.3) is 22.1 Å². The summed E-state index contributed by atoms with van der Waals surface area (Å²) in [5.41, 5.74) is 1.86. The molecule has 3 aromatic rings. The van der Waals surface area contributed by atoms with Crippen LogP contribution in [0.15, 0.2) is 40.0 Å². The first kappa shape index (κ1) is 18.2. The zero-order valence-corrected chi connectivity index (χ0v) is 15.7. The summed E-state index contributed by atoms with van der Waals surface area (Å²) in [5.74, 6) is -1.20. The zero-order chi connectivity index (χ0) is 19.7. The average Bonchev–Trinajstić information content (AvgIpc) is 3.29. The summed E-state index contributed by atoms with van der Waals surface area (Å²) >= 11 is 1.14. The Morgan fingerprint density at radius 3 is 2.96 bits per heavy atom. The second-order valence-electron chi connectivity index (χ2n) is 6.10. The van der Waals surface area contributed by atoms with Gasteiger partial charge in [0.05, 0.1) is 5.75 Å². The molecule has 0 saturated carbocycles. The first-order valence-electron chi connectivity index (χ1n) is 8.58. The molecule has 1 saturated heterocycles. The van der Waals surface area contributed by atoms with E-state index in [1.807, 2.05) is 24.3 Å². The summed E-state index contributed by atoms with van der Waals surface area (Å²) < 4.78 is 11.0. The first-order chi connectivity index (χ1) is 13.5. The molecule has 1 aromatic carbocycles. The van der Waals surface area contributed by atoms with E-state index in [1.54, 1.807) is 0 Å². The highest BCUT2D eigenvalue weighted by molar-refractivity contribution is 8.00. The number of furan rings is 1. The maximum atomic E-state index is 12.2. The number of nitrogens with one attached hydrogen (secondary N) is 1. The van der Waals surface area contributed by atoms with Crippen molar-refractivity contribution in [2.24, 2.45) is 0 Å². The lowest BCUT2D eigenvalue weighted by atomic mass is 10.2. The smallest absolute Gasteiger partial charge is 0.324 e. The molecule has 1 N–H and O–H groups in total. The molecule has 1 aliphatic heterocycles. The molecule has 3 heterocycles. The lowest BCUT2D eigenvalue weighted by Crippen LogP contribution is -2.42. The van der Waals surface area contributed by atoms with E-state index in [4.69, 9.17) is 9.15 Å². The molecule has 0 spiro atoms. The molecule has 1 aliphatic rings. The van der Waals surface area contributed by atoms with Crippen LogP contribution in [0.5, 0.6) is 0 Å². The number of urea groups is 1. The van der Waals surface area contributed by atoms with Crippen LogP contribution in [-0.2, 0) is 14.3 Å². The molecule has 0 aliphatic carbocycles. The van der Waals surface area contributed by atoms with Gasteiger partial charge >= 0.3 is 12.0 Å². The van der Waals surface area contributed by atoms with Crippen molar-refractivity contribution >= 4 is 51.7 Å². The Kier molecular flexibility index (Phi) is 4.86. The number of rotatable bonds is 5. The number of ether oxygens (including phenoxy) is 1. The highest BCUT2D eigenvalue weighted by Gasteiger charge is 2.31. The van der Waals surface area contributed by atoms with Crippen molar-refractivity contribution in [3.8, 4) is 0 Å². The van der Waals surface area contributed by atoms with Gasteiger partial charge in [-0.2, -0.15) is 0 Å². The number of carbonyl (C=O) groups is 3. The fourth-order valence-electron chi connectivity index (χ4n) is 2.92. The molecule has 144 valence electrons. The van der Waals surface area contributed by atoms with Crippen LogP contribution in [0.1, 0.15) is 6.92 Å². The molecule has 0 radical (unpaired) electrons. The molecule has 10 heteroatoms. The van der Waals surface area contributed by atoms with Crippen molar-refractivity contribution in [3.05, 3.63) is 30.6 Å². The number of fused-ring (bicyclic) bond motifs is 3. The number of carbonyl (C=O) groups excluding carboxylic acids is 3. The van der Waals surface area contributed by atoms with Gasteiger partial charge in [-0.1, -0.05) is 23.9 Å². The van der Waals surface area contributed by atoms with Gasteiger partial charge < -0.3 is 14.5 Å². The molecular weight excluding hydrogens is 384 g/mol. The van der Waals surface area contributed by atoms with E-state index in [-0.39, 0.29) is 12.3 Å². The summed E-state index contributed by atoms with van der Waals surface area (Å²) in [7, 11) is 0. The van der Waals surface area contributed by atoms with Crippen LogP contribution < -0.4 is 5.32 Å². The third kappa shape index (κ3) is 3.38. The van der Waals surface area contributed by atoms with Gasteiger partial charge in [0, 0.05) is 18.5 Å². The van der Waals surface area contributed by atoms with Crippen LogP contribution in [0, 0.1) is 0 Å². The SMILES string of the molecule is C[C@H](OC(=O)CSc1ncnc2c1oc1ccccc12)C(=O)N1CCNC1=O. The van der Waals surface area contributed by atoms with Crippen LogP contribution in [0.4, 0.5) is 4.79 Å². The van der Waals surface area contributed by atoms with Crippen molar-refractivity contribution in [1.29, 1.82) is 0 Å². The van der Waals surface area contributed by atoms with Crippen LogP contribution in [-0.4, -0.2) is 57.7 Å². The number of para-hydroxylation sites is 1. The second-order valence-corrected chi connectivity index (χ2v) is 7.06. The van der Waals surface area contributed by atoms with E-state index < -0.39 is 24.0 Å². The molecule has 1 atom stereocenters. The maximum absolute atomic E-state index is 12.2. The minimum atomic E-state index is -1.05. The van der Waals surface area contributed by atoms with Gasteiger partial charge in [-0.25, -0.2) is 14.8 Å². The molecule has 4 rings (SSSR count). The Bertz CT molecular complexity index is 1080. The number of nitrogens with zero attached hydrogens (tertiary/aromatic N) is 3. The summed E-state index contributed by atoms with van der Waals surface area (Å²) in [6.45, 7) is 2.10. The summed E-state index contributed by atoms with van der Waals surface area (Å²) in [6.07, 6.45) is 0.365. The van der Waals surface area contributed by atoms with Gasteiger partial charge in [0.15, 0.2) is 11.7 Å². The number of benzene rings is 1. The number of amides is 3. The molecule has 1 fully saturated rings. The molecule has 9 nitrogen and oxygen atoms in total. The van der Waals surface area contributed by atoms with E-state index >= 15 is 0 Å². The second kappa shape index (κ2) is 7.47. The highest BCUT2D eigenvalue weighted by Crippen LogP contribution is 2.32. The number of esters is 1. The largest absolute Gasteiger partial charge is 0.452 e. The van der Waals surface area contributed by atoms with Gasteiger partial charge in [0.1, 0.15) is 22.5 Å². The maximum Gasteiger partial charge on any atom is 0.324 e. The normalized spacial score (nSPS) is 15.0. The predicted molar refractivity (Wildman–Crippen MR) is 101 cm³/mol. The standard InChI is InChI=1S/C18H16N4O5S/c1-10(17(24)22-7-6-19-18(22)25)26-13(23)8-28-16-15-14(20-9-21-16)11-4-2-3-5-12(11)27-15/h2-5,9-10H,6-8H2,1H3,(H,19,25)/t10-/m0/s1. The summed E-state index contributed by atoms with van der Waals surface area (Å²) in [6, 6.07) is 7.01. The van der Waals surface area contributed by atoms with Crippen molar-refractivity contribution in [2.45, 2.75) is 18.1 Å². The van der Waals surface area contributed by atoms with Gasteiger partial charge in [-0.3, -0.25) is 14.5 Å². The van der Waals surface area contributed by atoms with E-state index in [0.29, 0.717) is 28.3 Å². The summed E-state index contributed by atoms with van der Waals surface area (Å²) in [5, 5.41) is 3.91. The minimum Gasteiger partial charge on any atom is -0.452 e. The van der Waals surface area contributed by atoms with Gasteiger partial charge in [-0.15, -0.1) is 0 Å². The molecule has 3 amide bonds. The Balaban J connectivity index is 1.42. The van der Waals surface area contributed by atoms with Gasteiger partial charge in [0.25, 0.3) is 5.91 Å². The van der Waals surface area contributed by atoms with E-state index in [2.05, 4.69) is 15.3 Å². The Hall–Kier alpha value is -3.14. The predicted octanol–water partition coefficient (Wildman–Crippen LogP) is 1.95. The van der Waals surface area contributed by atoms with Gasteiger partial charge in [-0.05, 0) is 19.1 Å². The molecule has 2 aromatic heterocycles. The highest BCUT2D eigenvalue weighted by atomic mass is 32.2. The Morgan fingerprint density at radius 1 is 1.36 bits per heavy atom. The third-order valence-electron chi connectivity index (χ3n) is 4.23. The third-order valence-corrected chi connectivity index (χ3v) is 5.18. The number of imide groups is 1. The van der Waals surface area contributed by atoms with Crippen LogP contribution in [0.2, 0.25) is 0 Å². The molecule has 0 bridgehead atoms. The number of hydrogen-bond donors (Lipinski definition) is 1. The average molecular weight is 400 g/mol. The Morgan fingerprint density at radius 2 is 2.18 bits per heavy atom. The van der Waals surface area contributed by atoms with Crippen molar-refractivity contribution < 1.29 is 23.5 Å². The zero-order valence-electron chi connectivity index (χ0n) is 14.9. The number of hydrogen-bond acceptors (Lipinski definition) is 8. The van der Waals surface area contributed by atoms with Crippen LogP contribution in [0.3, 0.4) is 0 Å². The molecule has 28 heavy (non-hydrogen) atoms. The lowest BCUT2D eigenvalue weighted by molar-refractivity contribution is -0.155. The number of aromatic nitrogens is 2. The van der Waals surface area contributed by atoms with Gasteiger partial charge in [0.2, 0.25) is 0 Å².